The molecule has 0 bridgehead atoms. The fraction of sp³-hybridized carbons (Fsp3) is 0.235. The molecule has 0 atom stereocenters. The summed E-state index contributed by atoms with van der Waals surface area (Å²) < 4.78 is 2.01. The van der Waals surface area contributed by atoms with E-state index in [2.05, 4.69) is 32.7 Å². The zero-order valence-electron chi connectivity index (χ0n) is 13.4. The summed E-state index contributed by atoms with van der Waals surface area (Å²) in [5.41, 5.74) is 2.24. The van der Waals surface area contributed by atoms with Crippen molar-refractivity contribution in [3.8, 4) is 0 Å². The van der Waals surface area contributed by atoms with Gasteiger partial charge in [-0.15, -0.1) is 11.3 Å². The molecule has 124 valence electrons. The number of carbonyl (C=O) groups excluding carboxylic acids is 1. The van der Waals surface area contributed by atoms with Crippen LogP contribution in [0.3, 0.4) is 0 Å². The summed E-state index contributed by atoms with van der Waals surface area (Å²) in [4.78, 5) is 21.1. The number of hydrogen-bond donors (Lipinski definition) is 2. The number of rotatable bonds is 6. The van der Waals surface area contributed by atoms with Crippen LogP contribution in [0, 0.1) is 6.92 Å². The summed E-state index contributed by atoms with van der Waals surface area (Å²) in [6, 6.07) is 7.98. The molecular weight excluding hydrogens is 322 g/mol. The summed E-state index contributed by atoms with van der Waals surface area (Å²) >= 11 is 1.59. The van der Waals surface area contributed by atoms with Crippen LogP contribution in [-0.4, -0.2) is 20.6 Å². The first-order chi connectivity index (χ1) is 11.7. The molecule has 0 aliphatic rings. The number of carbonyl (C=O) groups is 1. The summed E-state index contributed by atoms with van der Waals surface area (Å²) in [6.45, 7) is 3.71. The van der Waals surface area contributed by atoms with Gasteiger partial charge in [-0.3, -0.25) is 0 Å². The molecule has 1 aromatic carbocycles. The van der Waals surface area contributed by atoms with Gasteiger partial charge in [0.15, 0.2) is 0 Å². The van der Waals surface area contributed by atoms with E-state index in [1.165, 1.54) is 5.56 Å². The lowest BCUT2D eigenvalue weighted by atomic mass is 10.1. The van der Waals surface area contributed by atoms with Gasteiger partial charge in [-0.2, -0.15) is 0 Å². The van der Waals surface area contributed by atoms with E-state index in [0.717, 1.165) is 22.0 Å². The zero-order chi connectivity index (χ0) is 16.8. The fourth-order valence-electron chi connectivity index (χ4n) is 2.33. The number of nitrogens with zero attached hydrogens (tertiary/aromatic N) is 3. The maximum Gasteiger partial charge on any atom is 0.315 e. The molecule has 0 aliphatic carbocycles. The molecule has 3 rings (SSSR count). The predicted molar refractivity (Wildman–Crippen MR) is 93.7 cm³/mol. The molecule has 2 aromatic heterocycles. The Kier molecular flexibility index (Phi) is 5.22. The SMILES string of the molecule is Cc1ncc(CNC(=O)NCc2cccc(Cn3ccnc3)c2)s1. The van der Waals surface area contributed by atoms with Crippen molar-refractivity contribution in [1.29, 1.82) is 0 Å². The van der Waals surface area contributed by atoms with Gasteiger partial charge >= 0.3 is 6.03 Å². The molecule has 2 heterocycles. The first-order valence-corrected chi connectivity index (χ1v) is 8.47. The van der Waals surface area contributed by atoms with Crippen LogP contribution in [0.4, 0.5) is 4.79 Å². The molecule has 24 heavy (non-hydrogen) atoms. The number of aryl methyl sites for hydroxylation is 1. The van der Waals surface area contributed by atoms with Crippen molar-refractivity contribution >= 4 is 17.4 Å². The van der Waals surface area contributed by atoms with Gasteiger partial charge in [-0.25, -0.2) is 14.8 Å². The van der Waals surface area contributed by atoms with E-state index < -0.39 is 0 Å². The second kappa shape index (κ2) is 7.74. The number of thiazole rings is 1. The lowest BCUT2D eigenvalue weighted by Crippen LogP contribution is -2.34. The molecule has 0 fully saturated rings. The number of nitrogens with one attached hydrogen (secondary N) is 2. The van der Waals surface area contributed by atoms with Crippen LogP contribution in [0.2, 0.25) is 0 Å². The van der Waals surface area contributed by atoms with Crippen LogP contribution in [0.1, 0.15) is 21.0 Å². The van der Waals surface area contributed by atoms with E-state index in [4.69, 9.17) is 0 Å². The Labute approximate surface area is 144 Å². The highest BCUT2D eigenvalue weighted by atomic mass is 32.1. The lowest BCUT2D eigenvalue weighted by Gasteiger charge is -2.09. The van der Waals surface area contributed by atoms with Crippen LogP contribution in [-0.2, 0) is 19.6 Å². The maximum absolute atomic E-state index is 11.9. The smallest absolute Gasteiger partial charge is 0.315 e. The quantitative estimate of drug-likeness (QED) is 0.724. The fourth-order valence-corrected chi connectivity index (χ4v) is 3.06. The summed E-state index contributed by atoms with van der Waals surface area (Å²) in [7, 11) is 0. The Morgan fingerprint density at radius 3 is 2.83 bits per heavy atom. The van der Waals surface area contributed by atoms with Gasteiger partial charge in [-0.05, 0) is 18.1 Å². The van der Waals surface area contributed by atoms with Crippen molar-refractivity contribution in [2.24, 2.45) is 0 Å². The highest BCUT2D eigenvalue weighted by Crippen LogP contribution is 2.10. The third-order valence-corrected chi connectivity index (χ3v) is 4.37. The van der Waals surface area contributed by atoms with Gasteiger partial charge in [0.05, 0.1) is 17.9 Å². The molecule has 0 radical (unpaired) electrons. The average Bonchev–Trinajstić information content (AvgIpc) is 3.23. The Morgan fingerprint density at radius 1 is 1.25 bits per heavy atom. The van der Waals surface area contributed by atoms with Gasteiger partial charge in [0.1, 0.15) is 0 Å². The minimum absolute atomic E-state index is 0.180. The molecule has 0 saturated heterocycles. The largest absolute Gasteiger partial charge is 0.334 e. The third kappa shape index (κ3) is 4.66. The highest BCUT2D eigenvalue weighted by molar-refractivity contribution is 7.11. The third-order valence-electron chi connectivity index (χ3n) is 3.46. The second-order valence-electron chi connectivity index (χ2n) is 5.44. The van der Waals surface area contributed by atoms with Crippen LogP contribution in [0.15, 0.2) is 49.2 Å². The van der Waals surface area contributed by atoms with E-state index in [1.807, 2.05) is 29.8 Å². The second-order valence-corrected chi connectivity index (χ2v) is 6.76. The molecule has 0 aliphatic heterocycles. The van der Waals surface area contributed by atoms with E-state index >= 15 is 0 Å². The van der Waals surface area contributed by atoms with Gasteiger partial charge in [0.2, 0.25) is 0 Å². The van der Waals surface area contributed by atoms with Gasteiger partial charge < -0.3 is 15.2 Å². The van der Waals surface area contributed by atoms with E-state index in [-0.39, 0.29) is 6.03 Å². The number of benzene rings is 1. The molecule has 0 saturated carbocycles. The monoisotopic (exact) mass is 341 g/mol. The Morgan fingerprint density at radius 2 is 2.08 bits per heavy atom. The van der Waals surface area contributed by atoms with Crippen LogP contribution in [0.5, 0.6) is 0 Å². The Balaban J connectivity index is 1.48. The predicted octanol–water partition coefficient (Wildman–Crippen LogP) is 2.70. The molecule has 0 spiro atoms. The first kappa shape index (κ1) is 16.2. The van der Waals surface area contributed by atoms with Gasteiger partial charge in [-0.1, -0.05) is 24.3 Å². The number of amides is 2. The molecule has 7 heteroatoms. The minimum Gasteiger partial charge on any atom is -0.334 e. The maximum atomic E-state index is 11.9. The summed E-state index contributed by atoms with van der Waals surface area (Å²) in [6.07, 6.45) is 7.28. The Bertz CT molecular complexity index is 797. The van der Waals surface area contributed by atoms with E-state index in [0.29, 0.717) is 13.1 Å². The summed E-state index contributed by atoms with van der Waals surface area (Å²) in [5.74, 6) is 0. The van der Waals surface area contributed by atoms with E-state index in [1.54, 1.807) is 30.1 Å². The van der Waals surface area contributed by atoms with Crippen molar-refractivity contribution in [2.45, 2.75) is 26.6 Å². The number of aromatic nitrogens is 3. The van der Waals surface area contributed by atoms with E-state index in [9.17, 15) is 4.79 Å². The summed E-state index contributed by atoms with van der Waals surface area (Å²) in [5, 5.41) is 6.72. The molecule has 3 aromatic rings. The Hall–Kier alpha value is -2.67. The van der Waals surface area contributed by atoms with Gasteiger partial charge in [0.25, 0.3) is 0 Å². The lowest BCUT2D eigenvalue weighted by molar-refractivity contribution is 0.240. The van der Waals surface area contributed by atoms with Crippen LogP contribution in [0.25, 0.3) is 0 Å². The number of imidazole rings is 1. The van der Waals surface area contributed by atoms with Crippen LogP contribution < -0.4 is 10.6 Å². The van der Waals surface area contributed by atoms with Crippen molar-refractivity contribution < 1.29 is 4.79 Å². The highest BCUT2D eigenvalue weighted by Gasteiger charge is 2.04. The first-order valence-electron chi connectivity index (χ1n) is 7.65. The van der Waals surface area contributed by atoms with Crippen molar-refractivity contribution in [2.75, 3.05) is 0 Å². The minimum atomic E-state index is -0.180. The zero-order valence-corrected chi connectivity index (χ0v) is 14.2. The van der Waals surface area contributed by atoms with Crippen LogP contribution >= 0.6 is 11.3 Å². The average molecular weight is 341 g/mol. The number of hydrogen-bond acceptors (Lipinski definition) is 4. The number of urea groups is 1. The molecule has 2 amide bonds. The van der Waals surface area contributed by atoms with Gasteiger partial charge in [0, 0.05) is 36.6 Å². The van der Waals surface area contributed by atoms with Crippen molar-refractivity contribution in [1.82, 2.24) is 25.2 Å². The molecule has 6 nitrogen and oxygen atoms in total. The molecule has 2 N–H and O–H groups in total. The standard InChI is InChI=1S/C17H19N5OS/c1-13-19-9-16(24-13)10-21-17(23)20-8-14-3-2-4-15(7-14)11-22-6-5-18-12-22/h2-7,9,12H,8,10-11H2,1H3,(H2,20,21,23). The topological polar surface area (TPSA) is 71.8 Å². The molecular formula is C17H19N5OS. The molecule has 0 unspecified atom stereocenters. The van der Waals surface area contributed by atoms with Crippen molar-refractivity contribution in [3.05, 3.63) is 70.2 Å². The normalized spacial score (nSPS) is 10.5. The van der Waals surface area contributed by atoms with Crippen molar-refractivity contribution in [3.63, 3.8) is 0 Å².